The molecule has 0 aromatic heterocycles. The highest BCUT2D eigenvalue weighted by Gasteiger charge is 2.29. The summed E-state index contributed by atoms with van der Waals surface area (Å²) in [6.45, 7) is 0.372. The Bertz CT molecular complexity index is 381. The van der Waals surface area contributed by atoms with Crippen LogP contribution in [0.2, 0.25) is 0 Å². The lowest BCUT2D eigenvalue weighted by atomic mass is 10.1. The molecule has 1 heterocycles. The lowest BCUT2D eigenvalue weighted by molar-refractivity contribution is -0.268. The first-order chi connectivity index (χ1) is 8.16. The summed E-state index contributed by atoms with van der Waals surface area (Å²) in [5, 5.41) is 20.4. The number of hydrogen-bond acceptors (Lipinski definition) is 4. The standard InChI is InChI=1S/C12H15NO4/c14-10-8-13(12(15)16)7-6-11(10)17-9-4-2-1-3-5-9/h1-5,10-11,14H,6-8H2,(H,15,16)/p-1. The Morgan fingerprint density at radius 3 is 2.71 bits per heavy atom. The molecule has 0 radical (unpaired) electrons. The molecule has 1 saturated heterocycles. The average Bonchev–Trinajstić information content (AvgIpc) is 2.33. The topological polar surface area (TPSA) is 72.8 Å². The summed E-state index contributed by atoms with van der Waals surface area (Å²) in [6, 6.07) is 9.17. The number of likely N-dealkylation sites (tertiary alicyclic amines) is 1. The monoisotopic (exact) mass is 236 g/mol. The van der Waals surface area contributed by atoms with Crippen molar-refractivity contribution in [3.05, 3.63) is 30.3 Å². The van der Waals surface area contributed by atoms with Gasteiger partial charge in [-0.1, -0.05) is 18.2 Å². The first-order valence-electron chi connectivity index (χ1n) is 5.52. The lowest BCUT2D eigenvalue weighted by Gasteiger charge is -2.37. The predicted octanol–water partition coefficient (Wildman–Crippen LogP) is -0.156. The van der Waals surface area contributed by atoms with Crippen molar-refractivity contribution in [3.63, 3.8) is 0 Å². The van der Waals surface area contributed by atoms with Gasteiger partial charge in [-0.2, -0.15) is 0 Å². The molecule has 0 aliphatic carbocycles. The van der Waals surface area contributed by atoms with Crippen molar-refractivity contribution in [1.82, 2.24) is 4.90 Å². The SMILES string of the molecule is O=C([O-])N1CCC(Oc2ccccc2)C(O)C1. The number of ether oxygens (including phenoxy) is 1. The predicted molar refractivity (Wildman–Crippen MR) is 58.5 cm³/mol. The summed E-state index contributed by atoms with van der Waals surface area (Å²) in [5.74, 6) is 0.679. The van der Waals surface area contributed by atoms with Gasteiger partial charge in [-0.15, -0.1) is 0 Å². The normalized spacial score (nSPS) is 24.4. The molecule has 1 aromatic rings. The number of amides is 1. The second kappa shape index (κ2) is 5.05. The van der Waals surface area contributed by atoms with E-state index in [1.165, 1.54) is 0 Å². The van der Waals surface area contributed by atoms with Crippen molar-refractivity contribution in [1.29, 1.82) is 0 Å². The minimum absolute atomic E-state index is 0.0415. The number of para-hydroxylation sites is 1. The summed E-state index contributed by atoms with van der Waals surface area (Å²) in [5.41, 5.74) is 0. The molecule has 2 rings (SSSR count). The molecule has 5 nitrogen and oxygen atoms in total. The molecule has 2 atom stereocenters. The summed E-state index contributed by atoms with van der Waals surface area (Å²) in [6.07, 6.45) is -1.97. The van der Waals surface area contributed by atoms with Crippen LogP contribution >= 0.6 is 0 Å². The smallest absolute Gasteiger partial charge is 0.137 e. The molecule has 0 bridgehead atoms. The Kier molecular flexibility index (Phi) is 3.49. The molecule has 92 valence electrons. The van der Waals surface area contributed by atoms with E-state index >= 15 is 0 Å². The van der Waals surface area contributed by atoms with Crippen LogP contribution in [0.4, 0.5) is 4.79 Å². The van der Waals surface area contributed by atoms with Crippen LogP contribution in [-0.2, 0) is 0 Å². The van der Waals surface area contributed by atoms with Gasteiger partial charge < -0.3 is 24.6 Å². The van der Waals surface area contributed by atoms with E-state index in [1.54, 1.807) is 12.1 Å². The van der Waals surface area contributed by atoms with Gasteiger partial charge >= 0.3 is 0 Å². The number of β-amino-alcohol motifs (C(OH)–C–C–N with tert-alkyl or cyclic N) is 1. The van der Waals surface area contributed by atoms with E-state index in [-0.39, 0.29) is 12.6 Å². The zero-order valence-corrected chi connectivity index (χ0v) is 9.28. The van der Waals surface area contributed by atoms with Gasteiger partial charge in [0.05, 0.1) is 0 Å². The number of benzene rings is 1. The van der Waals surface area contributed by atoms with Crippen LogP contribution in [-0.4, -0.2) is 41.4 Å². The van der Waals surface area contributed by atoms with Gasteiger partial charge in [-0.3, -0.25) is 0 Å². The van der Waals surface area contributed by atoms with E-state index in [1.807, 2.05) is 18.2 Å². The van der Waals surface area contributed by atoms with E-state index in [4.69, 9.17) is 4.74 Å². The van der Waals surface area contributed by atoms with Crippen LogP contribution in [0.3, 0.4) is 0 Å². The fourth-order valence-electron chi connectivity index (χ4n) is 1.89. The molecule has 1 aliphatic rings. The van der Waals surface area contributed by atoms with Crippen molar-refractivity contribution in [2.45, 2.75) is 18.6 Å². The van der Waals surface area contributed by atoms with E-state index in [2.05, 4.69) is 0 Å². The number of piperidine rings is 1. The Balaban J connectivity index is 1.94. The molecule has 0 saturated carbocycles. The fourth-order valence-corrected chi connectivity index (χ4v) is 1.89. The van der Waals surface area contributed by atoms with Gasteiger partial charge in [0.15, 0.2) is 0 Å². The van der Waals surface area contributed by atoms with Gasteiger partial charge in [0.2, 0.25) is 0 Å². The molecule has 0 spiro atoms. The van der Waals surface area contributed by atoms with Crippen molar-refractivity contribution in [2.75, 3.05) is 13.1 Å². The number of carboxylic acid groups (broad SMARTS) is 1. The highest BCUT2D eigenvalue weighted by atomic mass is 16.5. The maximum atomic E-state index is 10.6. The molecule has 2 unspecified atom stereocenters. The minimum Gasteiger partial charge on any atom is -0.530 e. The molecular formula is C12H14NO4-. The van der Waals surface area contributed by atoms with Gasteiger partial charge in [0.1, 0.15) is 24.1 Å². The van der Waals surface area contributed by atoms with Gasteiger partial charge in [-0.25, -0.2) is 0 Å². The lowest BCUT2D eigenvalue weighted by Crippen LogP contribution is -2.54. The third kappa shape index (κ3) is 2.88. The van der Waals surface area contributed by atoms with Crippen LogP contribution in [0.1, 0.15) is 6.42 Å². The largest absolute Gasteiger partial charge is 0.530 e. The maximum Gasteiger partial charge on any atom is 0.137 e. The summed E-state index contributed by atoms with van der Waals surface area (Å²) < 4.78 is 5.61. The van der Waals surface area contributed by atoms with E-state index in [0.29, 0.717) is 18.7 Å². The molecular weight excluding hydrogens is 222 g/mol. The number of aliphatic hydroxyl groups excluding tert-OH is 1. The van der Waals surface area contributed by atoms with E-state index < -0.39 is 12.2 Å². The second-order valence-corrected chi connectivity index (χ2v) is 4.04. The van der Waals surface area contributed by atoms with Crippen LogP contribution in [0, 0.1) is 0 Å². The van der Waals surface area contributed by atoms with Crippen molar-refractivity contribution in [3.8, 4) is 5.75 Å². The minimum atomic E-state index is -1.25. The van der Waals surface area contributed by atoms with Crippen molar-refractivity contribution < 1.29 is 19.7 Å². The van der Waals surface area contributed by atoms with E-state index in [0.717, 1.165) is 4.90 Å². The first kappa shape index (κ1) is 11.7. The van der Waals surface area contributed by atoms with Gasteiger partial charge in [-0.05, 0) is 12.1 Å². The second-order valence-electron chi connectivity index (χ2n) is 4.04. The number of rotatable bonds is 2. The number of aliphatic hydroxyl groups is 1. The summed E-state index contributed by atoms with van der Waals surface area (Å²) in [4.78, 5) is 11.7. The molecule has 5 heteroatoms. The number of carbonyl (C=O) groups is 1. The highest BCUT2D eigenvalue weighted by molar-refractivity contribution is 5.62. The van der Waals surface area contributed by atoms with Gasteiger partial charge in [0, 0.05) is 19.5 Å². The van der Waals surface area contributed by atoms with Crippen LogP contribution in [0.25, 0.3) is 0 Å². The zero-order valence-electron chi connectivity index (χ0n) is 9.28. The molecule has 1 aliphatic heterocycles. The quantitative estimate of drug-likeness (QED) is 0.774. The molecule has 1 fully saturated rings. The Morgan fingerprint density at radius 1 is 1.41 bits per heavy atom. The van der Waals surface area contributed by atoms with Crippen LogP contribution < -0.4 is 9.84 Å². The Morgan fingerprint density at radius 2 is 2.12 bits per heavy atom. The van der Waals surface area contributed by atoms with Crippen LogP contribution in [0.15, 0.2) is 30.3 Å². The van der Waals surface area contributed by atoms with Crippen molar-refractivity contribution >= 4 is 6.09 Å². The summed E-state index contributed by atoms with van der Waals surface area (Å²) in [7, 11) is 0. The molecule has 1 N–H and O–H groups in total. The third-order valence-corrected chi connectivity index (χ3v) is 2.81. The highest BCUT2D eigenvalue weighted by Crippen LogP contribution is 2.18. The van der Waals surface area contributed by atoms with Crippen molar-refractivity contribution in [2.24, 2.45) is 0 Å². The molecule has 1 amide bonds. The first-order valence-corrected chi connectivity index (χ1v) is 5.52. The number of carbonyl (C=O) groups excluding carboxylic acids is 1. The maximum absolute atomic E-state index is 10.6. The molecule has 17 heavy (non-hydrogen) atoms. The third-order valence-electron chi connectivity index (χ3n) is 2.81. The Labute approximate surface area is 99.2 Å². The molecule has 1 aromatic carbocycles. The Hall–Kier alpha value is -1.75. The summed E-state index contributed by atoms with van der Waals surface area (Å²) >= 11 is 0. The zero-order chi connectivity index (χ0) is 12.3. The van der Waals surface area contributed by atoms with E-state index in [9.17, 15) is 15.0 Å². The van der Waals surface area contributed by atoms with Crippen LogP contribution in [0.5, 0.6) is 5.75 Å². The fraction of sp³-hybridized carbons (Fsp3) is 0.417. The average molecular weight is 236 g/mol. The number of hydrogen-bond donors (Lipinski definition) is 1. The van der Waals surface area contributed by atoms with Gasteiger partial charge in [0.25, 0.3) is 0 Å². The number of nitrogens with zero attached hydrogens (tertiary/aromatic N) is 1.